The number of carbonyl (C=O) groups excluding carboxylic acids is 2. The van der Waals surface area contributed by atoms with Crippen molar-refractivity contribution in [2.75, 3.05) is 4.90 Å². The van der Waals surface area contributed by atoms with Crippen LogP contribution in [0.25, 0.3) is 0 Å². The highest BCUT2D eigenvalue weighted by Gasteiger charge is 2.36. The number of halogens is 3. The first-order valence-electron chi connectivity index (χ1n) is 6.07. The van der Waals surface area contributed by atoms with Crippen LogP contribution in [0.15, 0.2) is 40.9 Å². The van der Waals surface area contributed by atoms with E-state index in [9.17, 15) is 18.4 Å². The second-order valence-electron chi connectivity index (χ2n) is 4.62. The molecular weight excluding hydrogens is 344 g/mol. The van der Waals surface area contributed by atoms with Crippen molar-refractivity contribution in [3.8, 4) is 0 Å². The van der Waals surface area contributed by atoms with Gasteiger partial charge in [-0.1, -0.05) is 15.9 Å². The maximum atomic E-state index is 13.7. The van der Waals surface area contributed by atoms with Gasteiger partial charge in [0.15, 0.2) is 0 Å². The van der Waals surface area contributed by atoms with Gasteiger partial charge < -0.3 is 4.90 Å². The highest BCUT2D eigenvalue weighted by Crippen LogP contribution is 2.33. The average Bonchev–Trinajstić information content (AvgIpc) is 2.67. The lowest BCUT2D eigenvalue weighted by atomic mass is 10.1. The van der Waals surface area contributed by atoms with E-state index in [0.717, 1.165) is 23.1 Å². The second kappa shape index (κ2) is 5.04. The van der Waals surface area contributed by atoms with E-state index in [-0.39, 0.29) is 17.7 Å². The van der Waals surface area contributed by atoms with Crippen molar-refractivity contribution in [2.45, 2.75) is 6.54 Å². The van der Waals surface area contributed by atoms with Gasteiger partial charge in [0.2, 0.25) is 0 Å². The number of carbonyl (C=O) groups is 2. The number of hydrogen-bond acceptors (Lipinski definition) is 2. The van der Waals surface area contributed by atoms with Gasteiger partial charge in [-0.25, -0.2) is 8.78 Å². The number of hydrogen-bond donors (Lipinski definition) is 0. The molecule has 0 aromatic heterocycles. The van der Waals surface area contributed by atoms with E-state index in [4.69, 9.17) is 0 Å². The number of fused-ring (bicyclic) bond motifs is 1. The fourth-order valence-electron chi connectivity index (χ4n) is 2.26. The Labute approximate surface area is 127 Å². The Balaban J connectivity index is 2.04. The van der Waals surface area contributed by atoms with Crippen LogP contribution < -0.4 is 4.90 Å². The molecule has 0 atom stereocenters. The molecule has 106 valence electrons. The van der Waals surface area contributed by atoms with E-state index >= 15 is 0 Å². The van der Waals surface area contributed by atoms with Gasteiger partial charge >= 0.3 is 0 Å². The van der Waals surface area contributed by atoms with Gasteiger partial charge in [-0.15, -0.1) is 0 Å². The highest BCUT2D eigenvalue weighted by molar-refractivity contribution is 9.10. The molecule has 6 heteroatoms. The first kappa shape index (κ1) is 13.9. The summed E-state index contributed by atoms with van der Waals surface area (Å²) in [6.07, 6.45) is 0. The minimum Gasteiger partial charge on any atom is -0.300 e. The van der Waals surface area contributed by atoms with Gasteiger partial charge in [-0.2, -0.15) is 0 Å². The zero-order chi connectivity index (χ0) is 15.1. The van der Waals surface area contributed by atoms with Crippen LogP contribution in [0.4, 0.5) is 14.5 Å². The normalized spacial score (nSPS) is 13.8. The van der Waals surface area contributed by atoms with Crippen molar-refractivity contribution in [3.63, 3.8) is 0 Å². The molecule has 0 saturated carbocycles. The lowest BCUT2D eigenvalue weighted by Crippen LogP contribution is -2.29. The minimum atomic E-state index is -0.744. The van der Waals surface area contributed by atoms with Gasteiger partial charge in [0, 0.05) is 10.0 Å². The Hall–Kier alpha value is -2.08. The number of amides is 1. The zero-order valence-electron chi connectivity index (χ0n) is 10.6. The van der Waals surface area contributed by atoms with Gasteiger partial charge in [-0.3, -0.25) is 9.59 Å². The van der Waals surface area contributed by atoms with Gasteiger partial charge in [0.1, 0.15) is 11.6 Å². The van der Waals surface area contributed by atoms with Crippen LogP contribution in [-0.2, 0) is 11.3 Å². The number of rotatable bonds is 2. The summed E-state index contributed by atoms with van der Waals surface area (Å²) in [5.74, 6) is -2.61. The van der Waals surface area contributed by atoms with Crippen molar-refractivity contribution in [1.29, 1.82) is 0 Å². The smallest absolute Gasteiger partial charge is 0.299 e. The molecule has 0 bridgehead atoms. The van der Waals surface area contributed by atoms with Crippen LogP contribution in [0, 0.1) is 11.6 Å². The predicted molar refractivity (Wildman–Crippen MR) is 76.0 cm³/mol. The van der Waals surface area contributed by atoms with Crippen LogP contribution in [0.5, 0.6) is 0 Å². The molecule has 1 heterocycles. The monoisotopic (exact) mass is 351 g/mol. The quantitative estimate of drug-likeness (QED) is 0.777. The van der Waals surface area contributed by atoms with Crippen LogP contribution in [0.3, 0.4) is 0 Å². The summed E-state index contributed by atoms with van der Waals surface area (Å²) < 4.78 is 27.6. The van der Waals surface area contributed by atoms with E-state index < -0.39 is 23.3 Å². The molecule has 0 radical (unpaired) electrons. The third-order valence-corrected chi connectivity index (χ3v) is 3.76. The highest BCUT2D eigenvalue weighted by atomic mass is 79.9. The SMILES string of the molecule is O=C1C(=O)N(Cc2cc(F)ccc2F)c2cc(Br)ccc21. The maximum absolute atomic E-state index is 13.7. The summed E-state index contributed by atoms with van der Waals surface area (Å²) in [5.41, 5.74) is 0.673. The van der Waals surface area contributed by atoms with E-state index in [1.54, 1.807) is 12.1 Å². The van der Waals surface area contributed by atoms with E-state index in [1.807, 2.05) is 0 Å². The van der Waals surface area contributed by atoms with Crippen molar-refractivity contribution in [2.24, 2.45) is 0 Å². The van der Waals surface area contributed by atoms with Crippen molar-refractivity contribution in [3.05, 3.63) is 63.6 Å². The summed E-state index contributed by atoms with van der Waals surface area (Å²) in [6, 6.07) is 7.80. The molecule has 2 aromatic carbocycles. The fourth-order valence-corrected chi connectivity index (χ4v) is 2.61. The summed E-state index contributed by atoms with van der Waals surface area (Å²) >= 11 is 3.26. The van der Waals surface area contributed by atoms with E-state index in [2.05, 4.69) is 15.9 Å². The van der Waals surface area contributed by atoms with Crippen molar-refractivity contribution >= 4 is 33.3 Å². The number of nitrogens with zero attached hydrogens (tertiary/aromatic N) is 1. The molecule has 0 N–H and O–H groups in total. The molecule has 0 unspecified atom stereocenters. The third-order valence-electron chi connectivity index (χ3n) is 3.27. The molecule has 1 amide bonds. The Morgan fingerprint density at radius 3 is 2.57 bits per heavy atom. The van der Waals surface area contributed by atoms with E-state index in [1.165, 1.54) is 6.07 Å². The standard InChI is InChI=1S/C15H8BrF2NO2/c16-9-1-3-11-13(6-9)19(15(21)14(11)20)7-8-5-10(17)2-4-12(8)18/h1-6H,7H2. The summed E-state index contributed by atoms with van der Waals surface area (Å²) in [7, 11) is 0. The Morgan fingerprint density at radius 2 is 1.81 bits per heavy atom. The molecule has 2 aromatic rings. The molecule has 1 aliphatic rings. The molecule has 0 aliphatic carbocycles. The van der Waals surface area contributed by atoms with Crippen LogP contribution >= 0.6 is 15.9 Å². The molecule has 0 spiro atoms. The first-order valence-corrected chi connectivity index (χ1v) is 6.86. The number of anilines is 1. The van der Waals surface area contributed by atoms with Crippen molar-refractivity contribution in [1.82, 2.24) is 0 Å². The minimum absolute atomic E-state index is 0.0176. The zero-order valence-corrected chi connectivity index (χ0v) is 12.2. The van der Waals surface area contributed by atoms with Crippen LogP contribution in [0.1, 0.15) is 15.9 Å². The summed E-state index contributed by atoms with van der Waals surface area (Å²) in [4.78, 5) is 25.1. The fraction of sp³-hybridized carbons (Fsp3) is 0.0667. The number of ketones is 1. The van der Waals surface area contributed by atoms with Gasteiger partial charge in [0.05, 0.1) is 17.8 Å². The molecule has 3 rings (SSSR count). The Bertz CT molecular complexity index is 776. The second-order valence-corrected chi connectivity index (χ2v) is 5.53. The van der Waals surface area contributed by atoms with Crippen molar-refractivity contribution < 1.29 is 18.4 Å². The lowest BCUT2D eigenvalue weighted by Gasteiger charge is -2.17. The Kier molecular flexibility index (Phi) is 3.33. The molecule has 0 fully saturated rings. The van der Waals surface area contributed by atoms with Crippen LogP contribution in [0.2, 0.25) is 0 Å². The maximum Gasteiger partial charge on any atom is 0.299 e. The van der Waals surface area contributed by atoms with E-state index in [0.29, 0.717) is 10.2 Å². The Morgan fingerprint density at radius 1 is 1.05 bits per heavy atom. The first-order chi connectivity index (χ1) is 9.97. The third kappa shape index (κ3) is 2.35. The number of benzene rings is 2. The number of Topliss-reactive ketones (excluding diaryl/α,β-unsaturated/α-hetero) is 1. The molecular formula is C15H8BrF2NO2. The molecule has 1 aliphatic heterocycles. The predicted octanol–water partition coefficient (Wildman–Crippen LogP) is 3.46. The lowest BCUT2D eigenvalue weighted by molar-refractivity contribution is -0.114. The molecule has 0 saturated heterocycles. The average molecular weight is 352 g/mol. The molecule has 21 heavy (non-hydrogen) atoms. The molecule has 3 nitrogen and oxygen atoms in total. The topological polar surface area (TPSA) is 37.4 Å². The van der Waals surface area contributed by atoms with Crippen LogP contribution in [-0.4, -0.2) is 11.7 Å². The largest absolute Gasteiger partial charge is 0.300 e. The summed E-state index contributed by atoms with van der Waals surface area (Å²) in [6.45, 7) is -0.197. The van der Waals surface area contributed by atoms with Gasteiger partial charge in [0.25, 0.3) is 11.7 Å². The summed E-state index contributed by atoms with van der Waals surface area (Å²) in [5, 5.41) is 0. The van der Waals surface area contributed by atoms with Gasteiger partial charge in [-0.05, 0) is 36.4 Å².